The summed E-state index contributed by atoms with van der Waals surface area (Å²) in [5, 5.41) is 3.23. The molecule has 0 radical (unpaired) electrons. The molecule has 0 unspecified atom stereocenters. The molecule has 0 aromatic heterocycles. The first-order valence-electron chi connectivity index (χ1n) is 3.98. The summed E-state index contributed by atoms with van der Waals surface area (Å²) in [7, 11) is 1.44. The molecule has 1 aliphatic heterocycles. The molecule has 3 heteroatoms. The highest BCUT2D eigenvalue weighted by Gasteiger charge is 2.36. The minimum atomic E-state index is -0.0880. The zero-order chi connectivity index (χ0) is 8.43. The van der Waals surface area contributed by atoms with E-state index >= 15 is 0 Å². The van der Waals surface area contributed by atoms with Gasteiger partial charge in [0.2, 0.25) is 0 Å². The molecule has 3 atom stereocenters. The Labute approximate surface area is 67.1 Å². The Hall–Kier alpha value is -0.570. The average molecular weight is 157 g/mol. The summed E-state index contributed by atoms with van der Waals surface area (Å²) in [4.78, 5) is 11.2. The predicted molar refractivity (Wildman–Crippen MR) is 42.1 cm³/mol. The molecule has 1 aliphatic rings. The fourth-order valence-corrected chi connectivity index (χ4v) is 1.69. The number of rotatable bonds is 1. The summed E-state index contributed by atoms with van der Waals surface area (Å²) in [5.41, 5.74) is 0. The summed E-state index contributed by atoms with van der Waals surface area (Å²) >= 11 is 0. The van der Waals surface area contributed by atoms with Gasteiger partial charge in [-0.25, -0.2) is 0 Å². The molecule has 1 saturated heterocycles. The first-order valence-corrected chi connectivity index (χ1v) is 3.98. The maximum absolute atomic E-state index is 11.2. The van der Waals surface area contributed by atoms with Gasteiger partial charge in [-0.2, -0.15) is 0 Å². The lowest BCUT2D eigenvalue weighted by molar-refractivity contribution is -0.146. The molecular weight excluding hydrogens is 142 g/mol. The quantitative estimate of drug-likeness (QED) is 0.560. The lowest BCUT2D eigenvalue weighted by Crippen LogP contribution is -2.30. The van der Waals surface area contributed by atoms with Crippen LogP contribution in [0.3, 0.4) is 0 Å². The molecule has 0 spiro atoms. The molecule has 11 heavy (non-hydrogen) atoms. The van der Waals surface area contributed by atoms with Crippen LogP contribution >= 0.6 is 0 Å². The third-order valence-corrected chi connectivity index (χ3v) is 2.39. The van der Waals surface area contributed by atoms with Crippen molar-refractivity contribution in [2.75, 3.05) is 13.7 Å². The second-order valence-corrected chi connectivity index (χ2v) is 3.22. The van der Waals surface area contributed by atoms with Crippen molar-refractivity contribution in [1.29, 1.82) is 0 Å². The molecule has 1 fully saturated rings. The first kappa shape index (κ1) is 8.53. The highest BCUT2D eigenvalue weighted by atomic mass is 16.5. The molecule has 0 aromatic carbocycles. The number of carbonyl (C=O) groups excluding carboxylic acids is 1. The van der Waals surface area contributed by atoms with Gasteiger partial charge in [0.25, 0.3) is 0 Å². The summed E-state index contributed by atoms with van der Waals surface area (Å²) < 4.78 is 4.70. The van der Waals surface area contributed by atoms with E-state index in [4.69, 9.17) is 4.74 Å². The summed E-state index contributed by atoms with van der Waals surface area (Å²) in [6, 6.07) is 0.262. The average Bonchev–Trinajstić information content (AvgIpc) is 2.30. The van der Waals surface area contributed by atoms with Crippen molar-refractivity contribution in [2.24, 2.45) is 11.8 Å². The van der Waals surface area contributed by atoms with Gasteiger partial charge in [0.15, 0.2) is 0 Å². The van der Waals surface area contributed by atoms with Crippen LogP contribution in [-0.2, 0) is 9.53 Å². The van der Waals surface area contributed by atoms with Crippen LogP contribution in [0.25, 0.3) is 0 Å². The van der Waals surface area contributed by atoms with Gasteiger partial charge in [0.1, 0.15) is 0 Å². The van der Waals surface area contributed by atoms with Gasteiger partial charge >= 0.3 is 5.97 Å². The van der Waals surface area contributed by atoms with Crippen LogP contribution in [-0.4, -0.2) is 25.7 Å². The van der Waals surface area contributed by atoms with Gasteiger partial charge < -0.3 is 10.1 Å². The predicted octanol–water partition coefficient (Wildman–Crippen LogP) is 0.403. The Kier molecular flexibility index (Phi) is 2.49. The normalized spacial score (nSPS) is 37.2. The minimum Gasteiger partial charge on any atom is -0.469 e. The van der Waals surface area contributed by atoms with Crippen molar-refractivity contribution in [3.63, 3.8) is 0 Å². The fourth-order valence-electron chi connectivity index (χ4n) is 1.69. The maximum Gasteiger partial charge on any atom is 0.310 e. The molecule has 0 bridgehead atoms. The standard InChI is InChI=1S/C8H15NO2/c1-5-4-9-6(2)7(5)8(10)11-3/h5-7,9H,4H2,1-3H3/t5-,6+,7-/m0/s1. The van der Waals surface area contributed by atoms with E-state index < -0.39 is 0 Å². The first-order chi connectivity index (χ1) is 5.16. The Morgan fingerprint density at radius 3 is 2.55 bits per heavy atom. The molecule has 0 aliphatic carbocycles. The zero-order valence-electron chi connectivity index (χ0n) is 7.26. The Bertz CT molecular complexity index is 148. The molecule has 0 amide bonds. The Morgan fingerprint density at radius 1 is 1.55 bits per heavy atom. The zero-order valence-corrected chi connectivity index (χ0v) is 7.26. The molecule has 1 rings (SSSR count). The molecule has 3 nitrogen and oxygen atoms in total. The van der Waals surface area contributed by atoms with Crippen molar-refractivity contribution in [2.45, 2.75) is 19.9 Å². The molecule has 0 aromatic rings. The number of hydrogen-bond acceptors (Lipinski definition) is 3. The topological polar surface area (TPSA) is 38.3 Å². The van der Waals surface area contributed by atoms with Gasteiger partial charge in [-0.15, -0.1) is 0 Å². The summed E-state index contributed by atoms with van der Waals surface area (Å²) in [6.07, 6.45) is 0. The lowest BCUT2D eigenvalue weighted by Gasteiger charge is -2.15. The molecular formula is C8H15NO2. The number of ether oxygens (including phenoxy) is 1. The van der Waals surface area contributed by atoms with E-state index in [9.17, 15) is 4.79 Å². The highest BCUT2D eigenvalue weighted by Crippen LogP contribution is 2.22. The van der Waals surface area contributed by atoms with E-state index in [1.54, 1.807) is 0 Å². The van der Waals surface area contributed by atoms with Crippen LogP contribution in [0.15, 0.2) is 0 Å². The second kappa shape index (κ2) is 3.22. The number of nitrogens with one attached hydrogen (secondary N) is 1. The smallest absolute Gasteiger partial charge is 0.310 e. The Morgan fingerprint density at radius 2 is 2.18 bits per heavy atom. The monoisotopic (exact) mass is 157 g/mol. The van der Waals surface area contributed by atoms with E-state index in [0.717, 1.165) is 6.54 Å². The number of carbonyl (C=O) groups is 1. The van der Waals surface area contributed by atoms with Crippen molar-refractivity contribution >= 4 is 5.97 Å². The number of methoxy groups -OCH3 is 1. The van der Waals surface area contributed by atoms with Crippen molar-refractivity contribution < 1.29 is 9.53 Å². The second-order valence-electron chi connectivity index (χ2n) is 3.22. The largest absolute Gasteiger partial charge is 0.469 e. The van der Waals surface area contributed by atoms with E-state index in [1.165, 1.54) is 7.11 Å². The van der Waals surface area contributed by atoms with E-state index in [1.807, 2.05) is 6.92 Å². The van der Waals surface area contributed by atoms with Gasteiger partial charge in [-0.3, -0.25) is 4.79 Å². The van der Waals surface area contributed by atoms with Crippen LogP contribution in [0.2, 0.25) is 0 Å². The number of hydrogen-bond donors (Lipinski definition) is 1. The van der Waals surface area contributed by atoms with Gasteiger partial charge in [0.05, 0.1) is 13.0 Å². The van der Waals surface area contributed by atoms with Crippen molar-refractivity contribution in [1.82, 2.24) is 5.32 Å². The minimum absolute atomic E-state index is 0.0417. The van der Waals surface area contributed by atoms with Crippen LogP contribution < -0.4 is 5.32 Å². The van der Waals surface area contributed by atoms with Crippen LogP contribution in [0.4, 0.5) is 0 Å². The van der Waals surface area contributed by atoms with Crippen LogP contribution in [0, 0.1) is 11.8 Å². The third kappa shape index (κ3) is 1.53. The Balaban J connectivity index is 2.60. The van der Waals surface area contributed by atoms with E-state index in [0.29, 0.717) is 5.92 Å². The van der Waals surface area contributed by atoms with Gasteiger partial charge in [-0.1, -0.05) is 6.92 Å². The molecule has 64 valence electrons. The molecule has 1 N–H and O–H groups in total. The summed E-state index contributed by atoms with van der Waals surface area (Å²) in [6.45, 7) is 5.00. The van der Waals surface area contributed by atoms with E-state index in [2.05, 4.69) is 12.2 Å². The van der Waals surface area contributed by atoms with Crippen molar-refractivity contribution in [3.05, 3.63) is 0 Å². The SMILES string of the molecule is COC(=O)[C@H]1[C@@H](C)CN[C@@H]1C. The lowest BCUT2D eigenvalue weighted by atomic mass is 9.93. The van der Waals surface area contributed by atoms with Gasteiger partial charge in [-0.05, 0) is 19.4 Å². The molecule has 0 saturated carbocycles. The highest BCUT2D eigenvalue weighted by molar-refractivity contribution is 5.73. The van der Waals surface area contributed by atoms with Crippen LogP contribution in [0.5, 0.6) is 0 Å². The van der Waals surface area contributed by atoms with Gasteiger partial charge in [0, 0.05) is 6.04 Å². The fraction of sp³-hybridized carbons (Fsp3) is 0.875. The van der Waals surface area contributed by atoms with Crippen LogP contribution in [0.1, 0.15) is 13.8 Å². The third-order valence-electron chi connectivity index (χ3n) is 2.39. The summed E-state index contributed by atoms with van der Waals surface area (Å²) in [5.74, 6) is 0.354. The van der Waals surface area contributed by atoms with E-state index in [-0.39, 0.29) is 17.9 Å². The number of esters is 1. The van der Waals surface area contributed by atoms with Crippen molar-refractivity contribution in [3.8, 4) is 0 Å². The molecule has 1 heterocycles. The maximum atomic E-state index is 11.2.